The van der Waals surface area contributed by atoms with Gasteiger partial charge in [-0.25, -0.2) is 9.37 Å². The number of aryl methyl sites for hydroxylation is 1. The first-order chi connectivity index (χ1) is 16.0. The van der Waals surface area contributed by atoms with Gasteiger partial charge < -0.3 is 14.3 Å². The highest BCUT2D eigenvalue weighted by molar-refractivity contribution is 7.15. The van der Waals surface area contributed by atoms with Crippen LogP contribution < -0.4 is 4.74 Å². The van der Waals surface area contributed by atoms with Crippen molar-refractivity contribution in [2.75, 3.05) is 0 Å². The number of aromatic nitrogens is 1. The molecule has 0 aliphatic rings. The highest BCUT2D eigenvalue weighted by atomic mass is 35.5. The molecule has 3 aromatic carbocycles. The molecule has 0 saturated heterocycles. The lowest BCUT2D eigenvalue weighted by Crippen LogP contribution is -1.95. The molecule has 0 bridgehead atoms. The number of nitrogens with zero attached hydrogens (tertiary/aromatic N) is 1. The van der Waals surface area contributed by atoms with E-state index in [4.69, 9.17) is 42.5 Å². The van der Waals surface area contributed by atoms with Gasteiger partial charge in [-0.1, -0.05) is 53.0 Å². The molecule has 4 nitrogen and oxygen atoms in total. The van der Waals surface area contributed by atoms with Crippen molar-refractivity contribution < 1.29 is 18.7 Å². The minimum atomic E-state index is -0.276. The summed E-state index contributed by atoms with van der Waals surface area (Å²) in [6, 6.07) is 19.7. The van der Waals surface area contributed by atoms with Crippen LogP contribution >= 0.6 is 34.5 Å². The van der Waals surface area contributed by atoms with Gasteiger partial charge in [0.05, 0.1) is 10.6 Å². The van der Waals surface area contributed by atoms with Gasteiger partial charge in [0.15, 0.2) is 0 Å². The fourth-order valence-corrected chi connectivity index (χ4v) is 4.40. The minimum Gasteiger partial charge on any atom is -0.486 e. The van der Waals surface area contributed by atoms with Crippen LogP contribution in [0.15, 0.2) is 66.7 Å². The summed E-state index contributed by atoms with van der Waals surface area (Å²) in [5.41, 5.74) is 3.91. The van der Waals surface area contributed by atoms with Crippen LogP contribution in [0.5, 0.6) is 5.75 Å². The number of ether oxygens (including phenoxy) is 1. The zero-order valence-electron chi connectivity index (χ0n) is 17.7. The van der Waals surface area contributed by atoms with Crippen molar-refractivity contribution >= 4 is 48.1 Å². The minimum absolute atomic E-state index is 0.276. The molecule has 0 atom stereocenters. The van der Waals surface area contributed by atoms with Gasteiger partial charge in [0.1, 0.15) is 36.8 Å². The molecule has 33 heavy (non-hydrogen) atoms. The Balaban J connectivity index is 0.000000914. The molecule has 0 N–H and O–H groups in total. The van der Waals surface area contributed by atoms with E-state index in [1.54, 1.807) is 41.7 Å². The van der Waals surface area contributed by atoms with Gasteiger partial charge in [-0.15, -0.1) is 11.3 Å². The molecule has 4 rings (SSSR count). The second kappa shape index (κ2) is 12.8. The van der Waals surface area contributed by atoms with Gasteiger partial charge >= 0.3 is 0 Å². The largest absolute Gasteiger partial charge is 0.486 e. The van der Waals surface area contributed by atoms with Gasteiger partial charge in [0.25, 0.3) is 0 Å². The fraction of sp³-hybridized carbons (Fsp3) is 0.0800. The number of hydrogen-bond acceptors (Lipinski definition) is 5. The van der Waals surface area contributed by atoms with E-state index < -0.39 is 0 Å². The number of halogens is 3. The Morgan fingerprint density at radius 2 is 1.42 bits per heavy atom. The first kappa shape index (κ1) is 26.2. The standard InChI is InChI=1S/C23H16Cl2FNOS.2CH2O/c1-14-2-4-16(5-3-14)23-22(15-6-8-19(26)9-7-15)27-21(29-23)13-28-20-11-17(24)10-18(25)12-20;2*1-2/h2-12H,13H2,1H3;2*1H2. The van der Waals surface area contributed by atoms with E-state index in [1.807, 2.05) is 20.5 Å². The third-order valence-corrected chi connectivity index (χ3v) is 5.82. The molecular formula is C25H20Cl2FNO3S. The van der Waals surface area contributed by atoms with E-state index in [0.717, 1.165) is 26.7 Å². The third-order valence-electron chi connectivity index (χ3n) is 4.30. The normalized spacial score (nSPS) is 9.82. The Morgan fingerprint density at radius 3 is 2.00 bits per heavy atom. The summed E-state index contributed by atoms with van der Waals surface area (Å²) in [7, 11) is 0. The van der Waals surface area contributed by atoms with Crippen LogP contribution in [0.2, 0.25) is 10.0 Å². The first-order valence-electron chi connectivity index (χ1n) is 9.47. The highest BCUT2D eigenvalue weighted by Crippen LogP contribution is 2.37. The summed E-state index contributed by atoms with van der Waals surface area (Å²) in [6.45, 7) is 6.33. The van der Waals surface area contributed by atoms with Gasteiger partial charge in [0, 0.05) is 15.6 Å². The Morgan fingerprint density at radius 1 is 0.879 bits per heavy atom. The molecule has 0 radical (unpaired) electrons. The number of hydrogen-bond donors (Lipinski definition) is 0. The van der Waals surface area contributed by atoms with Gasteiger partial charge in [0.2, 0.25) is 0 Å². The molecule has 0 fully saturated rings. The van der Waals surface area contributed by atoms with Crippen LogP contribution in [-0.4, -0.2) is 18.6 Å². The summed E-state index contributed by atoms with van der Waals surface area (Å²) in [5, 5.41) is 1.83. The SMILES string of the molecule is C=O.C=O.Cc1ccc(-c2sc(COc3cc(Cl)cc(Cl)c3)nc2-c2ccc(F)cc2)cc1. The van der Waals surface area contributed by atoms with Crippen LogP contribution in [0.4, 0.5) is 4.39 Å². The second-order valence-electron chi connectivity index (χ2n) is 6.55. The lowest BCUT2D eigenvalue weighted by atomic mass is 10.1. The first-order valence-corrected chi connectivity index (χ1v) is 11.0. The molecular weight excluding hydrogens is 484 g/mol. The lowest BCUT2D eigenvalue weighted by Gasteiger charge is -2.05. The molecule has 0 amide bonds. The van der Waals surface area contributed by atoms with Crippen molar-refractivity contribution in [3.8, 4) is 27.4 Å². The maximum atomic E-state index is 13.4. The van der Waals surface area contributed by atoms with E-state index in [-0.39, 0.29) is 12.4 Å². The Kier molecular flexibility index (Phi) is 10.2. The van der Waals surface area contributed by atoms with Crippen LogP contribution in [0.3, 0.4) is 0 Å². The predicted molar refractivity (Wildman–Crippen MR) is 133 cm³/mol. The molecule has 0 unspecified atom stereocenters. The van der Waals surface area contributed by atoms with Crippen LogP contribution in [-0.2, 0) is 16.2 Å². The maximum absolute atomic E-state index is 13.4. The van der Waals surface area contributed by atoms with Gasteiger partial charge in [-0.3, -0.25) is 0 Å². The summed E-state index contributed by atoms with van der Waals surface area (Å²) < 4.78 is 19.2. The van der Waals surface area contributed by atoms with E-state index in [2.05, 4.69) is 24.3 Å². The van der Waals surface area contributed by atoms with Crippen molar-refractivity contribution in [1.29, 1.82) is 0 Å². The zero-order valence-corrected chi connectivity index (χ0v) is 20.0. The number of thiazole rings is 1. The summed E-state index contributed by atoms with van der Waals surface area (Å²) >= 11 is 13.6. The van der Waals surface area contributed by atoms with E-state index in [0.29, 0.717) is 15.8 Å². The van der Waals surface area contributed by atoms with E-state index >= 15 is 0 Å². The van der Waals surface area contributed by atoms with Crippen LogP contribution in [0.25, 0.3) is 21.7 Å². The summed E-state index contributed by atoms with van der Waals surface area (Å²) in [6.07, 6.45) is 0. The molecule has 0 spiro atoms. The topological polar surface area (TPSA) is 56.3 Å². The zero-order chi connectivity index (χ0) is 24.4. The lowest BCUT2D eigenvalue weighted by molar-refractivity contribution is -0.0987. The Bertz CT molecular complexity index is 1100. The summed E-state index contributed by atoms with van der Waals surface area (Å²) in [5.74, 6) is 0.306. The van der Waals surface area contributed by atoms with Crippen LogP contribution in [0, 0.1) is 12.7 Å². The number of carbonyl (C=O) groups is 2. The van der Waals surface area contributed by atoms with E-state index in [9.17, 15) is 4.39 Å². The molecule has 0 aliphatic heterocycles. The molecule has 1 heterocycles. The monoisotopic (exact) mass is 503 g/mol. The van der Waals surface area contributed by atoms with E-state index in [1.165, 1.54) is 17.7 Å². The molecule has 0 saturated carbocycles. The predicted octanol–water partition coefficient (Wildman–Crippen LogP) is 7.44. The van der Waals surface area contributed by atoms with Crippen molar-refractivity contribution in [3.63, 3.8) is 0 Å². The maximum Gasteiger partial charge on any atom is 0.140 e. The smallest absolute Gasteiger partial charge is 0.140 e. The number of carbonyl (C=O) groups excluding carboxylic acids is 2. The van der Waals surface area contributed by atoms with Crippen LogP contribution in [0.1, 0.15) is 10.6 Å². The average molecular weight is 504 g/mol. The molecule has 1 aromatic heterocycles. The number of rotatable bonds is 5. The van der Waals surface area contributed by atoms with Crippen molar-refractivity contribution in [1.82, 2.24) is 4.98 Å². The third kappa shape index (κ3) is 7.22. The summed E-state index contributed by atoms with van der Waals surface area (Å²) in [4.78, 5) is 21.8. The quantitative estimate of drug-likeness (QED) is 0.284. The highest BCUT2D eigenvalue weighted by Gasteiger charge is 2.16. The van der Waals surface area contributed by atoms with Gasteiger partial charge in [-0.05, 0) is 55.0 Å². The Labute approximate surface area is 205 Å². The molecule has 8 heteroatoms. The molecule has 4 aromatic rings. The second-order valence-corrected chi connectivity index (χ2v) is 8.51. The Hall–Kier alpha value is -3.06. The van der Waals surface area contributed by atoms with Crippen molar-refractivity contribution in [2.24, 2.45) is 0 Å². The molecule has 0 aliphatic carbocycles. The number of benzene rings is 3. The van der Waals surface area contributed by atoms with Gasteiger partial charge in [-0.2, -0.15) is 0 Å². The molecule has 170 valence electrons. The average Bonchev–Trinajstić information content (AvgIpc) is 3.25. The fourth-order valence-electron chi connectivity index (χ4n) is 2.89. The van der Waals surface area contributed by atoms with Crippen molar-refractivity contribution in [2.45, 2.75) is 13.5 Å². The van der Waals surface area contributed by atoms with Crippen molar-refractivity contribution in [3.05, 3.63) is 93.2 Å².